The van der Waals surface area contributed by atoms with E-state index in [2.05, 4.69) is 5.32 Å². The summed E-state index contributed by atoms with van der Waals surface area (Å²) in [5, 5.41) is 22.1. The van der Waals surface area contributed by atoms with Gasteiger partial charge in [0.15, 0.2) is 0 Å². The predicted octanol–water partition coefficient (Wildman–Crippen LogP) is 0.527. The number of aliphatic hydroxyl groups is 1. The minimum absolute atomic E-state index is 0.113. The van der Waals surface area contributed by atoms with E-state index in [4.69, 9.17) is 5.11 Å². The van der Waals surface area contributed by atoms with E-state index < -0.39 is 16.9 Å². The molecule has 0 aliphatic heterocycles. The quantitative estimate of drug-likeness (QED) is 0.580. The first-order valence-electron chi connectivity index (χ1n) is 5.26. The van der Waals surface area contributed by atoms with E-state index in [1.807, 2.05) is 0 Å². The van der Waals surface area contributed by atoms with Gasteiger partial charge in [-0.1, -0.05) is 0 Å². The molecule has 0 aromatic carbocycles. The Morgan fingerprint density at radius 2 is 2.35 bits per heavy atom. The molecule has 0 radical (unpaired) electrons. The topological polar surface area (TPSA) is 97.4 Å². The Kier molecular flexibility index (Phi) is 4.22. The Labute approximate surface area is 98.2 Å². The molecule has 1 rings (SSSR count). The molecule has 0 saturated carbocycles. The van der Waals surface area contributed by atoms with Crippen LogP contribution in [0.5, 0.6) is 0 Å². The van der Waals surface area contributed by atoms with Crippen LogP contribution >= 0.6 is 0 Å². The van der Waals surface area contributed by atoms with Crippen LogP contribution in [0.1, 0.15) is 24.3 Å². The number of nitrogens with zero attached hydrogens (tertiary/aromatic N) is 2. The van der Waals surface area contributed by atoms with E-state index in [-0.39, 0.29) is 17.9 Å². The van der Waals surface area contributed by atoms with Crippen molar-refractivity contribution in [3.05, 3.63) is 28.1 Å². The molecule has 1 heterocycles. The third kappa shape index (κ3) is 3.28. The molecule has 1 amide bonds. The highest BCUT2D eigenvalue weighted by atomic mass is 16.6. The molecule has 0 spiro atoms. The summed E-state index contributed by atoms with van der Waals surface area (Å²) < 4.78 is 1.50. The van der Waals surface area contributed by atoms with Crippen LogP contribution in [0.15, 0.2) is 12.3 Å². The highest BCUT2D eigenvalue weighted by Gasteiger charge is 2.18. The third-order valence-electron chi connectivity index (χ3n) is 2.22. The number of hydrogen-bond acceptors (Lipinski definition) is 4. The van der Waals surface area contributed by atoms with E-state index in [0.717, 1.165) is 0 Å². The molecule has 0 unspecified atom stereocenters. The second-order valence-electron chi connectivity index (χ2n) is 3.69. The Morgan fingerprint density at radius 1 is 1.71 bits per heavy atom. The van der Waals surface area contributed by atoms with Gasteiger partial charge in [-0.05, 0) is 13.8 Å². The molecule has 0 aliphatic carbocycles. The Morgan fingerprint density at radius 3 is 2.82 bits per heavy atom. The number of hydrogen-bond donors (Lipinski definition) is 2. The number of nitro groups is 1. The molecule has 0 fully saturated rings. The van der Waals surface area contributed by atoms with Crippen molar-refractivity contribution in [3.63, 3.8) is 0 Å². The van der Waals surface area contributed by atoms with Crippen molar-refractivity contribution in [1.82, 2.24) is 9.88 Å². The van der Waals surface area contributed by atoms with E-state index in [0.29, 0.717) is 6.54 Å². The Bertz CT molecular complexity index is 425. The summed E-state index contributed by atoms with van der Waals surface area (Å²) >= 11 is 0. The van der Waals surface area contributed by atoms with Gasteiger partial charge in [0, 0.05) is 19.2 Å². The highest BCUT2D eigenvalue weighted by Crippen LogP contribution is 2.16. The maximum Gasteiger partial charge on any atom is 0.287 e. The predicted molar refractivity (Wildman–Crippen MR) is 60.8 cm³/mol. The molecule has 0 saturated heterocycles. The molecule has 1 aromatic rings. The van der Waals surface area contributed by atoms with Crippen LogP contribution in [0.25, 0.3) is 0 Å². The van der Waals surface area contributed by atoms with Crippen LogP contribution in [-0.4, -0.2) is 33.2 Å². The molecule has 94 valence electrons. The van der Waals surface area contributed by atoms with Crippen LogP contribution in [0.2, 0.25) is 0 Å². The monoisotopic (exact) mass is 241 g/mol. The molecule has 7 nitrogen and oxygen atoms in total. The lowest BCUT2D eigenvalue weighted by Crippen LogP contribution is -2.31. The van der Waals surface area contributed by atoms with Gasteiger partial charge in [-0.3, -0.25) is 14.9 Å². The maximum absolute atomic E-state index is 11.7. The Balaban J connectivity index is 2.88. The Hall–Kier alpha value is -1.89. The standard InChI is InChI=1S/C10H15N3O4/c1-3-12-6-8(13(16)17)4-9(12)10(15)11-5-7(2)14/h4,6-7,14H,3,5H2,1-2H3,(H,11,15)/t7-/m0/s1. The molecular formula is C10H15N3O4. The second-order valence-corrected chi connectivity index (χ2v) is 3.69. The molecule has 2 N–H and O–H groups in total. The normalized spacial score (nSPS) is 12.2. The number of amides is 1. The highest BCUT2D eigenvalue weighted by molar-refractivity contribution is 5.93. The summed E-state index contributed by atoms with van der Waals surface area (Å²) in [6, 6.07) is 1.22. The molecule has 0 bridgehead atoms. The molecule has 0 aliphatic rings. The van der Waals surface area contributed by atoms with Gasteiger partial charge < -0.3 is 15.0 Å². The van der Waals surface area contributed by atoms with Gasteiger partial charge in [-0.2, -0.15) is 0 Å². The molecule has 7 heteroatoms. The SMILES string of the molecule is CCn1cc([N+](=O)[O-])cc1C(=O)NC[C@H](C)O. The van der Waals surface area contributed by atoms with Crippen molar-refractivity contribution in [2.75, 3.05) is 6.54 Å². The van der Waals surface area contributed by atoms with Crippen molar-refractivity contribution in [2.45, 2.75) is 26.5 Å². The van der Waals surface area contributed by atoms with E-state index in [1.165, 1.54) is 16.8 Å². The van der Waals surface area contributed by atoms with Crippen molar-refractivity contribution in [1.29, 1.82) is 0 Å². The number of nitrogens with one attached hydrogen (secondary N) is 1. The van der Waals surface area contributed by atoms with Gasteiger partial charge in [-0.15, -0.1) is 0 Å². The van der Waals surface area contributed by atoms with Gasteiger partial charge in [0.25, 0.3) is 11.6 Å². The zero-order chi connectivity index (χ0) is 13.0. The molecular weight excluding hydrogens is 226 g/mol. The number of aromatic nitrogens is 1. The average Bonchev–Trinajstić information content (AvgIpc) is 2.69. The van der Waals surface area contributed by atoms with Crippen molar-refractivity contribution in [3.8, 4) is 0 Å². The average molecular weight is 241 g/mol. The maximum atomic E-state index is 11.7. The van der Waals surface area contributed by atoms with Crippen LogP contribution in [0.4, 0.5) is 5.69 Å². The first kappa shape index (κ1) is 13.2. The first-order chi connectivity index (χ1) is 7.95. The molecule has 1 atom stereocenters. The fourth-order valence-corrected chi connectivity index (χ4v) is 1.38. The number of carbonyl (C=O) groups is 1. The van der Waals surface area contributed by atoms with E-state index in [9.17, 15) is 14.9 Å². The third-order valence-corrected chi connectivity index (χ3v) is 2.22. The van der Waals surface area contributed by atoms with Gasteiger partial charge in [-0.25, -0.2) is 0 Å². The van der Waals surface area contributed by atoms with Crippen LogP contribution in [0, 0.1) is 10.1 Å². The van der Waals surface area contributed by atoms with Gasteiger partial charge in [0.05, 0.1) is 17.2 Å². The fourth-order valence-electron chi connectivity index (χ4n) is 1.38. The van der Waals surface area contributed by atoms with E-state index in [1.54, 1.807) is 13.8 Å². The van der Waals surface area contributed by atoms with E-state index >= 15 is 0 Å². The number of carbonyl (C=O) groups excluding carboxylic acids is 1. The van der Waals surface area contributed by atoms with Crippen molar-refractivity contribution in [2.24, 2.45) is 0 Å². The molecule has 1 aromatic heterocycles. The second kappa shape index (κ2) is 5.44. The van der Waals surface area contributed by atoms with Crippen molar-refractivity contribution >= 4 is 11.6 Å². The minimum atomic E-state index is -0.654. The van der Waals surface area contributed by atoms with Crippen LogP contribution < -0.4 is 5.32 Å². The summed E-state index contributed by atoms with van der Waals surface area (Å²) in [5.74, 6) is -0.430. The smallest absolute Gasteiger partial charge is 0.287 e. The van der Waals surface area contributed by atoms with Crippen molar-refractivity contribution < 1.29 is 14.8 Å². The summed E-state index contributed by atoms with van der Waals surface area (Å²) in [7, 11) is 0. The van der Waals surface area contributed by atoms with Crippen LogP contribution in [-0.2, 0) is 6.54 Å². The summed E-state index contributed by atoms with van der Waals surface area (Å²) in [4.78, 5) is 21.7. The number of rotatable bonds is 5. The van der Waals surface area contributed by atoms with Gasteiger partial charge >= 0.3 is 0 Å². The summed E-state index contributed by atoms with van der Waals surface area (Å²) in [6.07, 6.45) is 0.663. The largest absolute Gasteiger partial charge is 0.392 e. The first-order valence-corrected chi connectivity index (χ1v) is 5.26. The van der Waals surface area contributed by atoms with Gasteiger partial charge in [0.1, 0.15) is 5.69 Å². The lowest BCUT2D eigenvalue weighted by atomic mass is 10.3. The summed E-state index contributed by atoms with van der Waals surface area (Å²) in [6.45, 7) is 3.91. The number of aliphatic hydroxyl groups excluding tert-OH is 1. The zero-order valence-corrected chi connectivity index (χ0v) is 9.71. The molecule has 17 heavy (non-hydrogen) atoms. The fraction of sp³-hybridized carbons (Fsp3) is 0.500. The van der Waals surface area contributed by atoms with Gasteiger partial charge in [0.2, 0.25) is 0 Å². The number of aryl methyl sites for hydroxylation is 1. The van der Waals surface area contributed by atoms with Crippen LogP contribution in [0.3, 0.4) is 0 Å². The summed E-state index contributed by atoms with van der Waals surface area (Å²) in [5.41, 5.74) is 0.105. The lowest BCUT2D eigenvalue weighted by molar-refractivity contribution is -0.384. The zero-order valence-electron chi connectivity index (χ0n) is 9.71. The lowest BCUT2D eigenvalue weighted by Gasteiger charge is -2.08. The minimum Gasteiger partial charge on any atom is -0.392 e.